The van der Waals surface area contributed by atoms with Gasteiger partial charge >= 0.3 is 6.09 Å². The molecule has 1 N–H and O–H groups in total. The first-order chi connectivity index (χ1) is 10.3. The van der Waals surface area contributed by atoms with Crippen LogP contribution in [0.15, 0.2) is 23.1 Å². The van der Waals surface area contributed by atoms with Crippen molar-refractivity contribution in [2.45, 2.75) is 30.3 Å². The number of ether oxygens (including phenoxy) is 1. The zero-order chi connectivity index (χ0) is 16.0. The molecule has 1 amide bonds. The summed E-state index contributed by atoms with van der Waals surface area (Å²) in [7, 11) is -3.66. The Hall–Kier alpha value is -1.67. The Labute approximate surface area is 128 Å². The second-order valence-corrected chi connectivity index (χ2v) is 7.68. The molecule has 6 nitrogen and oxygen atoms in total. The predicted octanol–water partition coefficient (Wildman–Crippen LogP) is 1.40. The highest BCUT2D eigenvalue weighted by Crippen LogP contribution is 2.32. The summed E-state index contributed by atoms with van der Waals surface area (Å²) in [5, 5.41) is 2.61. The van der Waals surface area contributed by atoms with Crippen LogP contribution in [0.4, 0.5) is 9.18 Å². The van der Waals surface area contributed by atoms with Crippen molar-refractivity contribution in [3.05, 3.63) is 29.6 Å². The quantitative estimate of drug-likeness (QED) is 0.890. The predicted molar refractivity (Wildman–Crippen MR) is 76.3 cm³/mol. The van der Waals surface area contributed by atoms with Crippen molar-refractivity contribution in [2.24, 2.45) is 0 Å². The number of sulfonamides is 1. The molecule has 0 saturated carbocycles. The van der Waals surface area contributed by atoms with Gasteiger partial charge in [-0.25, -0.2) is 17.6 Å². The first kappa shape index (κ1) is 15.2. The van der Waals surface area contributed by atoms with Crippen molar-refractivity contribution < 1.29 is 22.3 Å². The summed E-state index contributed by atoms with van der Waals surface area (Å²) in [6.45, 7) is 2.49. The van der Waals surface area contributed by atoms with E-state index in [0.29, 0.717) is 24.9 Å². The fourth-order valence-corrected chi connectivity index (χ4v) is 4.37. The number of benzene rings is 1. The third-order valence-corrected chi connectivity index (χ3v) is 6.16. The zero-order valence-electron chi connectivity index (χ0n) is 12.1. The average Bonchev–Trinajstić information content (AvgIpc) is 2.83. The van der Waals surface area contributed by atoms with Crippen LogP contribution < -0.4 is 5.32 Å². The maximum atomic E-state index is 13.3. The van der Waals surface area contributed by atoms with Gasteiger partial charge in [-0.3, -0.25) is 0 Å². The van der Waals surface area contributed by atoms with Crippen molar-refractivity contribution in [3.8, 4) is 0 Å². The summed E-state index contributed by atoms with van der Waals surface area (Å²) in [5.41, 5.74) is -0.301. The second kappa shape index (κ2) is 5.20. The Morgan fingerprint density at radius 1 is 1.32 bits per heavy atom. The van der Waals surface area contributed by atoms with E-state index in [0.717, 1.165) is 6.07 Å². The number of nitrogens with zero attached hydrogens (tertiary/aromatic N) is 1. The topological polar surface area (TPSA) is 75.7 Å². The van der Waals surface area contributed by atoms with E-state index in [4.69, 9.17) is 4.74 Å². The molecule has 2 aliphatic heterocycles. The number of halogens is 1. The maximum absolute atomic E-state index is 13.3. The van der Waals surface area contributed by atoms with Crippen LogP contribution in [0.2, 0.25) is 0 Å². The van der Waals surface area contributed by atoms with Gasteiger partial charge in [-0.1, -0.05) is 0 Å². The Bertz CT molecular complexity index is 712. The van der Waals surface area contributed by atoms with Gasteiger partial charge in [0.15, 0.2) is 0 Å². The average molecular weight is 328 g/mol. The molecule has 22 heavy (non-hydrogen) atoms. The molecule has 120 valence electrons. The van der Waals surface area contributed by atoms with E-state index in [1.54, 1.807) is 0 Å². The van der Waals surface area contributed by atoms with Gasteiger partial charge in [0, 0.05) is 25.9 Å². The van der Waals surface area contributed by atoms with E-state index in [9.17, 15) is 17.6 Å². The molecule has 8 heteroatoms. The standard InChI is InChI=1S/C14H17FN2O4S/c1-10-8-11(2-3-12(10)15)22(19,20)17-6-4-14(5-7-17)9-16-13(18)21-14/h2-3,8H,4-7,9H2,1H3,(H,16,18). The number of carbonyl (C=O) groups is 1. The molecule has 0 aliphatic carbocycles. The highest BCUT2D eigenvalue weighted by atomic mass is 32.2. The van der Waals surface area contributed by atoms with Crippen LogP contribution in [-0.2, 0) is 14.8 Å². The monoisotopic (exact) mass is 328 g/mol. The Morgan fingerprint density at radius 2 is 2.00 bits per heavy atom. The Morgan fingerprint density at radius 3 is 2.55 bits per heavy atom. The number of nitrogens with one attached hydrogen (secondary N) is 1. The molecule has 2 fully saturated rings. The maximum Gasteiger partial charge on any atom is 0.407 e. The summed E-state index contributed by atoms with van der Waals surface area (Å²) in [6, 6.07) is 3.78. The van der Waals surface area contributed by atoms with Crippen molar-refractivity contribution in [1.82, 2.24) is 9.62 Å². The Balaban J connectivity index is 1.77. The minimum atomic E-state index is -3.66. The summed E-state index contributed by atoms with van der Waals surface area (Å²) < 4.78 is 45.1. The number of aryl methyl sites for hydroxylation is 1. The van der Waals surface area contributed by atoms with Gasteiger partial charge in [0.2, 0.25) is 10.0 Å². The van der Waals surface area contributed by atoms with Crippen LogP contribution in [0.5, 0.6) is 0 Å². The van der Waals surface area contributed by atoms with Crippen LogP contribution >= 0.6 is 0 Å². The fraction of sp³-hybridized carbons (Fsp3) is 0.500. The van der Waals surface area contributed by atoms with E-state index in [-0.39, 0.29) is 18.0 Å². The number of hydrogen-bond acceptors (Lipinski definition) is 4. The minimum absolute atomic E-state index is 0.0869. The van der Waals surface area contributed by atoms with Gasteiger partial charge in [0.05, 0.1) is 11.4 Å². The first-order valence-electron chi connectivity index (χ1n) is 7.06. The molecule has 0 unspecified atom stereocenters. The molecule has 1 spiro atoms. The summed E-state index contributed by atoms with van der Waals surface area (Å²) >= 11 is 0. The van der Waals surface area contributed by atoms with Gasteiger partial charge < -0.3 is 10.1 Å². The highest BCUT2D eigenvalue weighted by Gasteiger charge is 2.45. The molecule has 2 saturated heterocycles. The van der Waals surface area contributed by atoms with Crippen molar-refractivity contribution in [3.63, 3.8) is 0 Å². The number of carbonyl (C=O) groups excluding carboxylic acids is 1. The Kier molecular flexibility index (Phi) is 3.60. The largest absolute Gasteiger partial charge is 0.441 e. The van der Waals surface area contributed by atoms with Gasteiger partial charge in [-0.2, -0.15) is 4.31 Å². The SMILES string of the molecule is Cc1cc(S(=O)(=O)N2CCC3(CC2)CNC(=O)O3)ccc1F. The number of rotatable bonds is 2. The van der Waals surface area contributed by atoms with Gasteiger partial charge in [0.25, 0.3) is 0 Å². The number of alkyl carbamates (subject to hydrolysis) is 1. The molecule has 1 aromatic carbocycles. The molecule has 2 aliphatic rings. The lowest BCUT2D eigenvalue weighted by Gasteiger charge is -2.36. The lowest BCUT2D eigenvalue weighted by atomic mass is 9.93. The highest BCUT2D eigenvalue weighted by molar-refractivity contribution is 7.89. The molecule has 3 rings (SSSR count). The summed E-state index contributed by atoms with van der Waals surface area (Å²) in [6.07, 6.45) is 0.446. The number of piperidine rings is 1. The summed E-state index contributed by atoms with van der Waals surface area (Å²) in [4.78, 5) is 11.3. The van der Waals surface area contributed by atoms with E-state index in [1.807, 2.05) is 0 Å². The third kappa shape index (κ3) is 2.56. The van der Waals surface area contributed by atoms with Gasteiger partial charge in [-0.15, -0.1) is 0 Å². The van der Waals surface area contributed by atoms with Crippen LogP contribution in [0.3, 0.4) is 0 Å². The molecular weight excluding hydrogens is 311 g/mol. The molecule has 0 radical (unpaired) electrons. The smallest absolute Gasteiger partial charge is 0.407 e. The molecule has 0 bridgehead atoms. The molecular formula is C14H17FN2O4S. The number of amides is 1. The van der Waals surface area contributed by atoms with Crippen LogP contribution in [0, 0.1) is 12.7 Å². The molecule has 0 aromatic heterocycles. The second-order valence-electron chi connectivity index (χ2n) is 5.74. The third-order valence-electron chi connectivity index (χ3n) is 4.26. The molecule has 1 aromatic rings. The molecule has 2 heterocycles. The fourth-order valence-electron chi connectivity index (χ4n) is 2.84. The first-order valence-corrected chi connectivity index (χ1v) is 8.50. The summed E-state index contributed by atoms with van der Waals surface area (Å²) in [5.74, 6) is -0.430. The van der Waals surface area contributed by atoms with Crippen LogP contribution in [-0.4, -0.2) is 44.1 Å². The lowest BCUT2D eigenvalue weighted by Crippen LogP contribution is -2.48. The van der Waals surface area contributed by atoms with Crippen molar-refractivity contribution >= 4 is 16.1 Å². The van der Waals surface area contributed by atoms with E-state index >= 15 is 0 Å². The van der Waals surface area contributed by atoms with Gasteiger partial charge in [0.1, 0.15) is 11.4 Å². The van der Waals surface area contributed by atoms with Gasteiger partial charge in [-0.05, 0) is 30.7 Å². The van der Waals surface area contributed by atoms with Crippen LogP contribution in [0.1, 0.15) is 18.4 Å². The zero-order valence-corrected chi connectivity index (χ0v) is 13.0. The minimum Gasteiger partial charge on any atom is -0.441 e. The van der Waals surface area contributed by atoms with Crippen LogP contribution in [0.25, 0.3) is 0 Å². The number of hydrogen-bond donors (Lipinski definition) is 1. The lowest BCUT2D eigenvalue weighted by molar-refractivity contribution is 0.0173. The van der Waals surface area contributed by atoms with Crippen molar-refractivity contribution in [1.29, 1.82) is 0 Å². The van der Waals surface area contributed by atoms with E-state index in [1.165, 1.54) is 23.4 Å². The van der Waals surface area contributed by atoms with Crippen molar-refractivity contribution in [2.75, 3.05) is 19.6 Å². The van der Waals surface area contributed by atoms with E-state index < -0.39 is 27.5 Å². The van der Waals surface area contributed by atoms with E-state index in [2.05, 4.69) is 5.32 Å². The normalized spacial score (nSPS) is 21.6. The molecule has 0 atom stereocenters.